The number of carbonyl (C=O) groups is 3. The smallest absolute Gasteiger partial charge is 0.306 e. The summed E-state index contributed by atoms with van der Waals surface area (Å²) in [5.41, 5.74) is 0. The van der Waals surface area contributed by atoms with Gasteiger partial charge in [-0.05, 0) is 96.3 Å². The van der Waals surface area contributed by atoms with Crippen LogP contribution in [0.4, 0.5) is 0 Å². The van der Waals surface area contributed by atoms with Gasteiger partial charge in [0.1, 0.15) is 13.2 Å². The van der Waals surface area contributed by atoms with Crippen molar-refractivity contribution in [1.29, 1.82) is 0 Å². The van der Waals surface area contributed by atoms with Crippen molar-refractivity contribution in [3.8, 4) is 0 Å². The van der Waals surface area contributed by atoms with E-state index in [0.717, 1.165) is 103 Å². The molecule has 0 fully saturated rings. The summed E-state index contributed by atoms with van der Waals surface area (Å²) >= 11 is 0. The predicted octanol–water partition coefficient (Wildman–Crippen LogP) is 23.2. The Labute approximate surface area is 489 Å². The Balaban J connectivity index is 4.21. The van der Waals surface area contributed by atoms with Gasteiger partial charge in [-0.2, -0.15) is 0 Å². The molecule has 0 bridgehead atoms. The number of esters is 3. The minimum Gasteiger partial charge on any atom is -0.462 e. The second kappa shape index (κ2) is 66.8. The Morgan fingerprint density at radius 2 is 0.494 bits per heavy atom. The molecule has 0 aliphatic carbocycles. The zero-order valence-electron chi connectivity index (χ0n) is 52.1. The highest BCUT2D eigenvalue weighted by Gasteiger charge is 2.19. The fourth-order valence-corrected chi connectivity index (χ4v) is 9.60. The molecule has 79 heavy (non-hydrogen) atoms. The van der Waals surface area contributed by atoms with E-state index in [1.165, 1.54) is 180 Å². The van der Waals surface area contributed by atoms with Gasteiger partial charge in [-0.15, -0.1) is 0 Å². The number of ether oxygens (including phenoxy) is 3. The Morgan fingerprint density at radius 3 is 0.797 bits per heavy atom. The van der Waals surface area contributed by atoms with Gasteiger partial charge in [0.25, 0.3) is 0 Å². The maximum Gasteiger partial charge on any atom is 0.306 e. The molecule has 0 aliphatic heterocycles. The van der Waals surface area contributed by atoms with Gasteiger partial charge in [-0.3, -0.25) is 14.4 Å². The molecule has 0 aromatic rings. The molecule has 0 aliphatic rings. The van der Waals surface area contributed by atoms with E-state index in [-0.39, 0.29) is 37.5 Å². The van der Waals surface area contributed by atoms with E-state index >= 15 is 0 Å². The van der Waals surface area contributed by atoms with E-state index in [4.69, 9.17) is 14.2 Å². The molecule has 0 rings (SSSR count). The van der Waals surface area contributed by atoms with Crippen LogP contribution >= 0.6 is 0 Å². The first-order valence-electron chi connectivity index (χ1n) is 33.7. The summed E-state index contributed by atoms with van der Waals surface area (Å²) in [7, 11) is 0. The largest absolute Gasteiger partial charge is 0.462 e. The van der Waals surface area contributed by atoms with E-state index in [0.29, 0.717) is 19.3 Å². The molecular weight excluding hydrogens is 973 g/mol. The number of allylic oxidation sites excluding steroid dienone is 16. The van der Waals surface area contributed by atoms with E-state index < -0.39 is 6.10 Å². The number of hydrogen-bond acceptors (Lipinski definition) is 6. The van der Waals surface area contributed by atoms with Gasteiger partial charge in [0.15, 0.2) is 6.10 Å². The molecule has 0 amide bonds. The summed E-state index contributed by atoms with van der Waals surface area (Å²) < 4.78 is 16.9. The Kier molecular flexibility index (Phi) is 63.7. The molecule has 0 saturated carbocycles. The minimum atomic E-state index is -0.797. The van der Waals surface area contributed by atoms with E-state index in [1.807, 2.05) is 0 Å². The first kappa shape index (κ1) is 75.3. The van der Waals surface area contributed by atoms with Crippen LogP contribution in [0.25, 0.3) is 0 Å². The van der Waals surface area contributed by atoms with E-state index in [2.05, 4.69) is 118 Å². The van der Waals surface area contributed by atoms with Crippen LogP contribution in [0.2, 0.25) is 0 Å². The number of carbonyl (C=O) groups excluding carboxylic acids is 3. The van der Waals surface area contributed by atoms with Crippen LogP contribution in [0.3, 0.4) is 0 Å². The topological polar surface area (TPSA) is 78.9 Å². The molecule has 0 radical (unpaired) electrons. The fraction of sp³-hybridized carbons (Fsp3) is 0.740. The Bertz CT molecular complexity index is 1540. The van der Waals surface area contributed by atoms with Crippen LogP contribution in [0.5, 0.6) is 0 Å². The quantitative estimate of drug-likeness (QED) is 0.0261. The van der Waals surface area contributed by atoms with Crippen molar-refractivity contribution in [3.63, 3.8) is 0 Å². The normalized spacial score (nSPS) is 12.7. The Morgan fingerprint density at radius 1 is 0.266 bits per heavy atom. The molecule has 6 heteroatoms. The van der Waals surface area contributed by atoms with Crippen molar-refractivity contribution in [1.82, 2.24) is 0 Å². The molecule has 0 aromatic heterocycles. The van der Waals surface area contributed by atoms with Crippen molar-refractivity contribution in [2.75, 3.05) is 13.2 Å². The number of rotatable bonds is 61. The monoisotopic (exact) mass is 1100 g/mol. The number of unbranched alkanes of at least 4 members (excludes halogenated alkanes) is 34. The van der Waals surface area contributed by atoms with Gasteiger partial charge in [0.2, 0.25) is 0 Å². The molecule has 0 aromatic carbocycles. The molecule has 0 spiro atoms. The maximum atomic E-state index is 12.9. The fourth-order valence-electron chi connectivity index (χ4n) is 9.60. The predicted molar refractivity (Wildman–Crippen MR) is 344 cm³/mol. The minimum absolute atomic E-state index is 0.0894. The van der Waals surface area contributed by atoms with Crippen LogP contribution in [0.15, 0.2) is 97.2 Å². The average molecular weight is 1100 g/mol. The van der Waals surface area contributed by atoms with Gasteiger partial charge in [-0.25, -0.2) is 0 Å². The van der Waals surface area contributed by atoms with Gasteiger partial charge in [0.05, 0.1) is 0 Å². The van der Waals surface area contributed by atoms with Crippen molar-refractivity contribution in [2.24, 2.45) is 0 Å². The summed E-state index contributed by atoms with van der Waals surface area (Å²) in [5, 5.41) is 0. The highest BCUT2D eigenvalue weighted by molar-refractivity contribution is 5.71. The first-order chi connectivity index (χ1) is 39.0. The second-order valence-electron chi connectivity index (χ2n) is 22.3. The summed E-state index contributed by atoms with van der Waals surface area (Å²) in [6.07, 6.45) is 90.1. The third-order valence-electron chi connectivity index (χ3n) is 14.6. The standard InChI is InChI=1S/C73H126O6/c1-4-7-10-13-16-19-22-25-28-29-30-31-32-33-34-35-36-37-38-39-40-41-42-43-46-48-51-54-57-60-63-66-72(75)78-69-70(79-73(76)67-64-61-58-55-52-49-45-27-24-21-18-15-12-9-6-3)68-77-71(74)65-62-59-56-53-50-47-44-26-23-20-17-14-11-8-5-2/h7,9-10,12,16,18-19,21,25,27-28,30-31,45,52,55,70H,4-6,8,11,13-15,17,20,22-24,26,29,32-44,46-51,53-54,56-69H2,1-3H3/b10-7-,12-9-,19-16-,21-18-,28-25-,31-30-,45-27-,55-52-. The van der Waals surface area contributed by atoms with E-state index in [1.54, 1.807) is 0 Å². The van der Waals surface area contributed by atoms with Crippen LogP contribution in [0, 0.1) is 0 Å². The van der Waals surface area contributed by atoms with Crippen molar-refractivity contribution < 1.29 is 28.6 Å². The van der Waals surface area contributed by atoms with Crippen LogP contribution < -0.4 is 0 Å². The average Bonchev–Trinajstić information content (AvgIpc) is 3.45. The SMILES string of the molecule is CC/C=C\C/C=C\C/C=C\C/C=C\CCCCCCCCCCCCCCCCCCCCC(=O)OCC(COC(=O)CCCCCCCCCCCCCCCCC)OC(=O)CCCC/C=C\C/C=C\C/C=C\C/C=C\CC. The highest BCUT2D eigenvalue weighted by atomic mass is 16.6. The molecule has 0 heterocycles. The molecule has 0 saturated heterocycles. The summed E-state index contributed by atoms with van der Waals surface area (Å²) in [5.74, 6) is -0.916. The molecule has 6 nitrogen and oxygen atoms in total. The van der Waals surface area contributed by atoms with Gasteiger partial charge in [0, 0.05) is 19.3 Å². The highest BCUT2D eigenvalue weighted by Crippen LogP contribution is 2.17. The second-order valence-corrected chi connectivity index (χ2v) is 22.3. The summed E-state index contributed by atoms with van der Waals surface area (Å²) in [6, 6.07) is 0. The lowest BCUT2D eigenvalue weighted by atomic mass is 10.0. The summed E-state index contributed by atoms with van der Waals surface area (Å²) in [6.45, 7) is 6.42. The first-order valence-corrected chi connectivity index (χ1v) is 33.7. The Hall–Kier alpha value is -3.67. The lowest BCUT2D eigenvalue weighted by Crippen LogP contribution is -2.30. The lowest BCUT2D eigenvalue weighted by molar-refractivity contribution is -0.167. The molecule has 454 valence electrons. The van der Waals surface area contributed by atoms with Gasteiger partial charge in [-0.1, -0.05) is 311 Å². The molecule has 0 N–H and O–H groups in total. The maximum absolute atomic E-state index is 12.9. The van der Waals surface area contributed by atoms with Crippen molar-refractivity contribution >= 4 is 17.9 Å². The third-order valence-corrected chi connectivity index (χ3v) is 14.6. The van der Waals surface area contributed by atoms with E-state index in [9.17, 15) is 14.4 Å². The van der Waals surface area contributed by atoms with Crippen molar-refractivity contribution in [3.05, 3.63) is 97.2 Å². The lowest BCUT2D eigenvalue weighted by Gasteiger charge is -2.18. The molecular formula is C73H126O6. The zero-order chi connectivity index (χ0) is 57.1. The zero-order valence-corrected chi connectivity index (χ0v) is 52.1. The van der Waals surface area contributed by atoms with Crippen LogP contribution in [0.1, 0.15) is 329 Å². The summed E-state index contributed by atoms with van der Waals surface area (Å²) in [4.78, 5) is 38.3. The van der Waals surface area contributed by atoms with Crippen molar-refractivity contribution in [2.45, 2.75) is 335 Å². The molecule has 1 atom stereocenters. The van der Waals surface area contributed by atoms with Gasteiger partial charge < -0.3 is 14.2 Å². The number of hydrogen-bond donors (Lipinski definition) is 0. The van der Waals surface area contributed by atoms with Gasteiger partial charge >= 0.3 is 17.9 Å². The van der Waals surface area contributed by atoms with Crippen LogP contribution in [-0.2, 0) is 28.6 Å². The van der Waals surface area contributed by atoms with Crippen LogP contribution in [-0.4, -0.2) is 37.2 Å². The third kappa shape index (κ3) is 65.0. The molecule has 1 unspecified atom stereocenters.